The van der Waals surface area contributed by atoms with Crippen LogP contribution in [0.5, 0.6) is 0 Å². The average Bonchev–Trinajstić information content (AvgIpc) is 2.03. The molecule has 1 aromatic rings. The number of halogens is 1. The zero-order valence-corrected chi connectivity index (χ0v) is 6.90. The molecule has 0 fully saturated rings. The van der Waals surface area contributed by atoms with E-state index < -0.39 is 0 Å². The predicted octanol–water partition coefficient (Wildman–Crippen LogP) is 3.49. The summed E-state index contributed by atoms with van der Waals surface area (Å²) in [6, 6.07) is 10.1. The molecule has 0 aliphatic carbocycles. The van der Waals surface area contributed by atoms with Gasteiger partial charge < -0.3 is 0 Å². The Morgan fingerprint density at radius 1 is 1.20 bits per heavy atom. The van der Waals surface area contributed by atoms with Crippen LogP contribution in [0.4, 0.5) is 0 Å². The summed E-state index contributed by atoms with van der Waals surface area (Å²) in [7, 11) is 0. The Kier molecular flexibility index (Phi) is 3.41. The van der Waals surface area contributed by atoms with Crippen molar-refractivity contribution in [1.29, 1.82) is 0 Å². The number of thioether (sulfide) groups is 1. The fourth-order valence-electron chi connectivity index (χ4n) is 0.603. The van der Waals surface area contributed by atoms with Gasteiger partial charge in [0.2, 0.25) is 0 Å². The van der Waals surface area contributed by atoms with E-state index in [9.17, 15) is 0 Å². The monoisotopic (exact) mass is 170 g/mol. The highest BCUT2D eigenvalue weighted by atomic mass is 35.5. The zero-order valence-electron chi connectivity index (χ0n) is 5.33. The number of rotatable bonds is 2. The first-order valence-corrected chi connectivity index (χ1v) is 4.22. The molecule has 1 aromatic carbocycles. The van der Waals surface area contributed by atoms with Gasteiger partial charge in [-0.1, -0.05) is 41.6 Å². The Bertz CT molecular complexity index is 206. The molecule has 0 bridgehead atoms. The van der Waals surface area contributed by atoms with Gasteiger partial charge in [-0.25, -0.2) is 0 Å². The third kappa shape index (κ3) is 2.46. The van der Waals surface area contributed by atoms with E-state index >= 15 is 0 Å². The summed E-state index contributed by atoms with van der Waals surface area (Å²) in [6.45, 7) is 0. The second-order valence-corrected chi connectivity index (χ2v) is 2.92. The summed E-state index contributed by atoms with van der Waals surface area (Å²) in [5, 5.41) is 1.84. The van der Waals surface area contributed by atoms with Crippen molar-refractivity contribution in [2.75, 3.05) is 0 Å². The van der Waals surface area contributed by atoms with E-state index in [1.807, 2.05) is 35.7 Å². The van der Waals surface area contributed by atoms with Crippen LogP contribution < -0.4 is 0 Å². The molecular formula is C8H7ClS. The van der Waals surface area contributed by atoms with Crippen LogP contribution in [-0.2, 0) is 0 Å². The molecule has 0 heterocycles. The minimum atomic E-state index is 1.21. The Labute approximate surface area is 69.9 Å². The molecule has 0 saturated carbocycles. The maximum Gasteiger partial charge on any atom is 0.0116 e. The fraction of sp³-hybridized carbons (Fsp3) is 0. The molecule has 0 atom stereocenters. The fourth-order valence-corrected chi connectivity index (χ4v) is 1.28. The van der Waals surface area contributed by atoms with Crippen LogP contribution in [0.25, 0.3) is 0 Å². The topological polar surface area (TPSA) is 0 Å². The summed E-state index contributed by atoms with van der Waals surface area (Å²) in [5.74, 6) is 0. The highest BCUT2D eigenvalue weighted by Gasteiger charge is 1.84. The molecule has 0 unspecified atom stereocenters. The summed E-state index contributed by atoms with van der Waals surface area (Å²) in [6.07, 6.45) is 0. The van der Waals surface area contributed by atoms with Gasteiger partial charge in [-0.05, 0) is 17.5 Å². The third-order valence-corrected chi connectivity index (χ3v) is 2.09. The molecule has 10 heavy (non-hydrogen) atoms. The molecule has 0 aliphatic rings. The lowest BCUT2D eigenvalue weighted by Crippen LogP contribution is -1.62. The van der Waals surface area contributed by atoms with E-state index in [2.05, 4.69) is 0 Å². The van der Waals surface area contributed by atoms with Gasteiger partial charge in [0.05, 0.1) is 0 Å². The summed E-state index contributed by atoms with van der Waals surface area (Å²) in [4.78, 5) is 1.21. The first kappa shape index (κ1) is 7.70. The highest BCUT2D eigenvalue weighted by Crippen LogP contribution is 2.17. The lowest BCUT2D eigenvalue weighted by atomic mass is 10.4. The molecular weight excluding hydrogens is 164 g/mol. The molecule has 0 nitrogen and oxygen atoms in total. The maximum absolute atomic E-state index is 5.35. The zero-order chi connectivity index (χ0) is 7.23. The van der Waals surface area contributed by atoms with Crippen molar-refractivity contribution in [3.05, 3.63) is 41.3 Å². The predicted molar refractivity (Wildman–Crippen MR) is 47.3 cm³/mol. The van der Waals surface area contributed by atoms with Crippen molar-refractivity contribution >= 4 is 23.4 Å². The Morgan fingerprint density at radius 3 is 2.50 bits per heavy atom. The molecule has 0 spiro atoms. The van der Waals surface area contributed by atoms with Crippen LogP contribution in [-0.4, -0.2) is 0 Å². The van der Waals surface area contributed by atoms with Crippen molar-refractivity contribution < 1.29 is 0 Å². The van der Waals surface area contributed by atoms with Crippen molar-refractivity contribution in [1.82, 2.24) is 0 Å². The van der Waals surface area contributed by atoms with E-state index in [1.54, 1.807) is 11.8 Å². The van der Waals surface area contributed by atoms with Gasteiger partial charge >= 0.3 is 0 Å². The van der Waals surface area contributed by atoms with Gasteiger partial charge in [-0.2, -0.15) is 0 Å². The van der Waals surface area contributed by atoms with Gasteiger partial charge in [-0.15, -0.1) is 0 Å². The summed E-state index contributed by atoms with van der Waals surface area (Å²) < 4.78 is 0. The maximum atomic E-state index is 5.35. The van der Waals surface area contributed by atoms with Gasteiger partial charge in [0.25, 0.3) is 0 Å². The lowest BCUT2D eigenvalue weighted by molar-refractivity contribution is 1.47. The minimum absolute atomic E-state index is 1.21. The summed E-state index contributed by atoms with van der Waals surface area (Å²) >= 11 is 6.96. The second kappa shape index (κ2) is 4.42. The highest BCUT2D eigenvalue weighted by molar-refractivity contribution is 8.02. The van der Waals surface area contributed by atoms with E-state index in [1.165, 1.54) is 10.4 Å². The molecule has 1 rings (SSSR count). The van der Waals surface area contributed by atoms with Crippen LogP contribution in [0.15, 0.2) is 46.2 Å². The molecule has 0 saturated heterocycles. The lowest BCUT2D eigenvalue weighted by Gasteiger charge is -1.91. The smallest absolute Gasteiger partial charge is 0.0116 e. The first-order chi connectivity index (χ1) is 4.93. The van der Waals surface area contributed by atoms with Crippen LogP contribution >= 0.6 is 23.4 Å². The molecule has 52 valence electrons. The largest absolute Gasteiger partial charge is 0.0972 e. The molecule has 0 N–H and O–H groups in total. The van der Waals surface area contributed by atoms with Gasteiger partial charge in [0.1, 0.15) is 0 Å². The van der Waals surface area contributed by atoms with E-state index in [0.717, 1.165) is 0 Å². The molecule has 0 amide bonds. The van der Waals surface area contributed by atoms with E-state index in [-0.39, 0.29) is 0 Å². The molecule has 2 heteroatoms. The second-order valence-electron chi connectivity index (χ2n) is 1.69. The van der Waals surface area contributed by atoms with Gasteiger partial charge in [0, 0.05) is 10.4 Å². The van der Waals surface area contributed by atoms with Crippen molar-refractivity contribution in [3.8, 4) is 0 Å². The standard InChI is InChI=1S/C8H7ClS/c9-6-7-10-8-4-2-1-3-5-8/h1-7H/b7-6-. The Hall–Kier alpha value is -0.400. The molecule has 0 radical (unpaired) electrons. The molecule has 0 aliphatic heterocycles. The normalized spacial score (nSPS) is 10.5. The van der Waals surface area contributed by atoms with Crippen LogP contribution in [0, 0.1) is 0 Å². The summed E-state index contributed by atoms with van der Waals surface area (Å²) in [5.41, 5.74) is 1.51. The van der Waals surface area contributed by atoms with E-state index in [4.69, 9.17) is 11.6 Å². The number of hydrogen-bond acceptors (Lipinski definition) is 1. The first-order valence-electron chi connectivity index (χ1n) is 2.90. The van der Waals surface area contributed by atoms with Gasteiger partial charge in [-0.3, -0.25) is 0 Å². The van der Waals surface area contributed by atoms with Crippen molar-refractivity contribution in [2.45, 2.75) is 4.90 Å². The van der Waals surface area contributed by atoms with Crippen molar-refractivity contribution in [2.24, 2.45) is 0 Å². The van der Waals surface area contributed by atoms with E-state index in [0.29, 0.717) is 0 Å². The van der Waals surface area contributed by atoms with Crippen molar-refractivity contribution in [3.63, 3.8) is 0 Å². The third-order valence-electron chi connectivity index (χ3n) is 0.999. The average molecular weight is 171 g/mol. The quantitative estimate of drug-likeness (QED) is 0.613. The number of hydrogen-bond donors (Lipinski definition) is 0. The Morgan fingerprint density at radius 2 is 1.90 bits per heavy atom. The molecule has 0 aromatic heterocycles. The SMILES string of the molecule is Cl/C=C\Sc1ccccc1. The minimum Gasteiger partial charge on any atom is -0.0972 e. The van der Waals surface area contributed by atoms with Crippen LogP contribution in [0.3, 0.4) is 0 Å². The number of benzene rings is 1. The Balaban J connectivity index is 2.59. The van der Waals surface area contributed by atoms with Crippen LogP contribution in [0.2, 0.25) is 0 Å². The van der Waals surface area contributed by atoms with Crippen LogP contribution in [0.1, 0.15) is 0 Å². The van der Waals surface area contributed by atoms with Gasteiger partial charge in [0.15, 0.2) is 0 Å².